The van der Waals surface area contributed by atoms with Gasteiger partial charge in [-0.2, -0.15) is 0 Å². The molecule has 1 aliphatic carbocycles. The minimum Gasteiger partial charge on any atom is -0.309 e. The van der Waals surface area contributed by atoms with E-state index < -0.39 is 0 Å². The summed E-state index contributed by atoms with van der Waals surface area (Å²) in [5.74, 6) is 1.99. The van der Waals surface area contributed by atoms with Crippen LogP contribution in [0.25, 0.3) is 0 Å². The van der Waals surface area contributed by atoms with Gasteiger partial charge in [0.2, 0.25) is 0 Å². The first kappa shape index (κ1) is 15.3. The number of hydrogen-bond donors (Lipinski definition) is 1. The van der Waals surface area contributed by atoms with Crippen LogP contribution in [-0.4, -0.2) is 36.1 Å². The van der Waals surface area contributed by atoms with Crippen molar-refractivity contribution in [3.05, 3.63) is 0 Å². The van der Waals surface area contributed by atoms with Crippen molar-refractivity contribution < 1.29 is 0 Å². The van der Waals surface area contributed by atoms with Crippen molar-refractivity contribution in [1.29, 1.82) is 0 Å². The maximum atomic E-state index is 3.74. The second kappa shape index (κ2) is 6.58. The summed E-state index contributed by atoms with van der Waals surface area (Å²) in [5, 5.41) is 3.74. The van der Waals surface area contributed by atoms with Crippen LogP contribution in [0.5, 0.6) is 0 Å². The highest BCUT2D eigenvalue weighted by Crippen LogP contribution is 2.32. The molecule has 2 nitrogen and oxygen atoms in total. The van der Waals surface area contributed by atoms with Gasteiger partial charge >= 0.3 is 0 Å². The minimum absolute atomic E-state index is 0.340. The first-order chi connectivity index (χ1) is 9.06. The van der Waals surface area contributed by atoms with Gasteiger partial charge in [-0.3, -0.25) is 4.90 Å². The fourth-order valence-electron chi connectivity index (χ4n) is 3.82. The molecule has 1 saturated heterocycles. The van der Waals surface area contributed by atoms with E-state index in [0.29, 0.717) is 11.6 Å². The Hall–Kier alpha value is -0.0800. The van der Waals surface area contributed by atoms with E-state index in [1.807, 2.05) is 0 Å². The number of rotatable bonds is 4. The molecule has 2 atom stereocenters. The van der Waals surface area contributed by atoms with Gasteiger partial charge in [-0.1, -0.05) is 33.1 Å². The van der Waals surface area contributed by atoms with Crippen LogP contribution in [0.15, 0.2) is 0 Å². The molecule has 1 saturated carbocycles. The fourth-order valence-corrected chi connectivity index (χ4v) is 3.82. The molecule has 0 aromatic carbocycles. The van der Waals surface area contributed by atoms with Gasteiger partial charge in [-0.05, 0) is 44.9 Å². The molecule has 2 aliphatic rings. The monoisotopic (exact) mass is 266 g/mol. The Morgan fingerprint density at radius 1 is 1.11 bits per heavy atom. The Bertz CT molecular complexity index is 270. The van der Waals surface area contributed by atoms with E-state index in [-0.39, 0.29) is 0 Å². The Morgan fingerprint density at radius 3 is 2.32 bits per heavy atom. The highest BCUT2D eigenvalue weighted by molar-refractivity contribution is 4.93. The summed E-state index contributed by atoms with van der Waals surface area (Å²) in [5.41, 5.74) is 0.340. The van der Waals surface area contributed by atoms with Crippen LogP contribution in [0.2, 0.25) is 0 Å². The van der Waals surface area contributed by atoms with Crippen molar-refractivity contribution in [3.63, 3.8) is 0 Å². The lowest BCUT2D eigenvalue weighted by molar-refractivity contribution is 0.0671. The fraction of sp³-hybridized carbons (Fsp3) is 1.00. The molecule has 1 heterocycles. The number of nitrogens with one attached hydrogen (secondary N) is 1. The topological polar surface area (TPSA) is 15.3 Å². The van der Waals surface area contributed by atoms with Gasteiger partial charge in [0.1, 0.15) is 0 Å². The summed E-state index contributed by atoms with van der Waals surface area (Å²) in [6.07, 6.45) is 8.53. The zero-order valence-corrected chi connectivity index (χ0v) is 13.5. The molecule has 0 spiro atoms. The summed E-state index contributed by atoms with van der Waals surface area (Å²) < 4.78 is 0. The lowest BCUT2D eigenvalue weighted by Gasteiger charge is -2.46. The quantitative estimate of drug-likeness (QED) is 0.835. The normalized spacial score (nSPS) is 41.4. The first-order valence-electron chi connectivity index (χ1n) is 8.55. The van der Waals surface area contributed by atoms with Gasteiger partial charge < -0.3 is 5.32 Å². The molecule has 0 amide bonds. The number of nitrogens with zero attached hydrogens (tertiary/aromatic N) is 1. The molecule has 2 rings (SSSR count). The van der Waals surface area contributed by atoms with E-state index in [4.69, 9.17) is 0 Å². The zero-order valence-electron chi connectivity index (χ0n) is 13.5. The molecule has 0 aromatic rings. The van der Waals surface area contributed by atoms with Crippen molar-refractivity contribution in [2.45, 2.75) is 77.8 Å². The number of hydrogen-bond acceptors (Lipinski definition) is 2. The van der Waals surface area contributed by atoms with Crippen molar-refractivity contribution >= 4 is 0 Å². The van der Waals surface area contributed by atoms with Crippen LogP contribution in [0.1, 0.15) is 66.2 Å². The van der Waals surface area contributed by atoms with E-state index in [9.17, 15) is 0 Å². The summed E-state index contributed by atoms with van der Waals surface area (Å²) in [7, 11) is 0. The molecule has 1 N–H and O–H groups in total. The number of piperazine rings is 1. The molecular weight excluding hydrogens is 232 g/mol. The molecule has 2 unspecified atom stereocenters. The summed E-state index contributed by atoms with van der Waals surface area (Å²) in [6, 6.07) is 0.712. The summed E-state index contributed by atoms with van der Waals surface area (Å²) in [4.78, 5) is 2.76. The third-order valence-corrected chi connectivity index (χ3v) is 5.82. The Labute approximate surface area is 120 Å². The van der Waals surface area contributed by atoms with Gasteiger partial charge in [0.05, 0.1) is 0 Å². The zero-order chi connectivity index (χ0) is 13.9. The van der Waals surface area contributed by atoms with Gasteiger partial charge in [0.25, 0.3) is 0 Å². The van der Waals surface area contributed by atoms with Crippen molar-refractivity contribution in [2.24, 2.45) is 11.8 Å². The van der Waals surface area contributed by atoms with Gasteiger partial charge in [0, 0.05) is 31.2 Å². The van der Waals surface area contributed by atoms with Crippen molar-refractivity contribution in [1.82, 2.24) is 10.2 Å². The predicted molar refractivity (Wildman–Crippen MR) is 83.5 cm³/mol. The second-order valence-corrected chi connectivity index (χ2v) is 7.37. The average molecular weight is 266 g/mol. The Balaban J connectivity index is 1.84. The largest absolute Gasteiger partial charge is 0.309 e. The van der Waals surface area contributed by atoms with Crippen LogP contribution >= 0.6 is 0 Å². The third-order valence-electron chi connectivity index (χ3n) is 5.82. The van der Waals surface area contributed by atoms with Gasteiger partial charge in [-0.25, -0.2) is 0 Å². The van der Waals surface area contributed by atoms with E-state index in [1.54, 1.807) is 0 Å². The third kappa shape index (κ3) is 3.95. The van der Waals surface area contributed by atoms with Crippen LogP contribution in [0.3, 0.4) is 0 Å². The predicted octanol–water partition coefficient (Wildman–Crippen LogP) is 3.67. The minimum atomic E-state index is 0.340. The van der Waals surface area contributed by atoms with Crippen LogP contribution in [0, 0.1) is 11.8 Å². The van der Waals surface area contributed by atoms with Crippen LogP contribution in [-0.2, 0) is 0 Å². The molecular formula is C17H34N2. The van der Waals surface area contributed by atoms with E-state index in [2.05, 4.69) is 37.9 Å². The maximum absolute atomic E-state index is 3.74. The van der Waals surface area contributed by atoms with Gasteiger partial charge in [0.15, 0.2) is 0 Å². The Morgan fingerprint density at radius 2 is 1.74 bits per heavy atom. The maximum Gasteiger partial charge on any atom is 0.0278 e. The van der Waals surface area contributed by atoms with E-state index in [1.165, 1.54) is 51.6 Å². The molecule has 19 heavy (non-hydrogen) atoms. The second-order valence-electron chi connectivity index (χ2n) is 7.37. The van der Waals surface area contributed by atoms with Crippen LogP contribution < -0.4 is 5.32 Å². The van der Waals surface area contributed by atoms with Crippen molar-refractivity contribution in [2.75, 3.05) is 19.6 Å². The highest BCUT2D eigenvalue weighted by atomic mass is 15.2. The average Bonchev–Trinajstić information content (AvgIpc) is 2.44. The molecule has 2 fully saturated rings. The lowest BCUT2D eigenvalue weighted by atomic mass is 9.80. The molecule has 0 bridgehead atoms. The SMILES string of the molecule is CCC1CCC(CN2CC(C)(CC)NCC2C)CC1. The molecule has 0 aromatic heterocycles. The first-order valence-corrected chi connectivity index (χ1v) is 8.55. The van der Waals surface area contributed by atoms with E-state index >= 15 is 0 Å². The Kier molecular flexibility index (Phi) is 5.30. The summed E-state index contributed by atoms with van der Waals surface area (Å²) in [6.45, 7) is 13.2. The summed E-state index contributed by atoms with van der Waals surface area (Å²) >= 11 is 0. The van der Waals surface area contributed by atoms with Gasteiger partial charge in [-0.15, -0.1) is 0 Å². The van der Waals surface area contributed by atoms with E-state index in [0.717, 1.165) is 18.4 Å². The van der Waals surface area contributed by atoms with Crippen molar-refractivity contribution in [3.8, 4) is 0 Å². The smallest absolute Gasteiger partial charge is 0.0278 e. The molecule has 0 radical (unpaired) electrons. The molecule has 2 heteroatoms. The molecule has 1 aliphatic heterocycles. The highest BCUT2D eigenvalue weighted by Gasteiger charge is 2.34. The standard InChI is InChI=1S/C17H34N2/c1-5-15-7-9-16(10-8-15)12-19-13-17(4,6-2)18-11-14(19)3/h14-16,18H,5-13H2,1-4H3. The molecule has 112 valence electrons. The lowest BCUT2D eigenvalue weighted by Crippen LogP contribution is -2.62. The van der Waals surface area contributed by atoms with Crippen LogP contribution in [0.4, 0.5) is 0 Å².